The van der Waals surface area contributed by atoms with E-state index >= 15 is 0 Å². The van der Waals surface area contributed by atoms with Gasteiger partial charge in [0.1, 0.15) is 0 Å². The minimum Gasteiger partial charge on any atom is -0.368 e. The second kappa shape index (κ2) is 5.62. The summed E-state index contributed by atoms with van der Waals surface area (Å²) >= 11 is 0. The summed E-state index contributed by atoms with van der Waals surface area (Å²) in [6.07, 6.45) is 0.386. The lowest BCUT2D eigenvalue weighted by molar-refractivity contribution is -0.138. The van der Waals surface area contributed by atoms with Crippen LogP contribution >= 0.6 is 0 Å². The van der Waals surface area contributed by atoms with Crippen LogP contribution < -0.4 is 11.1 Å². The van der Waals surface area contributed by atoms with Gasteiger partial charge in [0.05, 0.1) is 19.1 Å². The molecule has 6 nitrogen and oxygen atoms in total. The van der Waals surface area contributed by atoms with Crippen LogP contribution in [0.1, 0.15) is 5.56 Å². The highest BCUT2D eigenvalue weighted by Gasteiger charge is 2.31. The summed E-state index contributed by atoms with van der Waals surface area (Å²) in [6.45, 7) is 0.0123. The van der Waals surface area contributed by atoms with E-state index < -0.39 is 23.8 Å². The molecule has 1 aliphatic heterocycles. The summed E-state index contributed by atoms with van der Waals surface area (Å²) in [5, 5.41) is 2.20. The SMILES string of the molecule is NC(=O)[C@@H](Cc1ccccc1)N1CC(=O)NC(=O)C1. The first-order chi connectivity index (χ1) is 9.06. The van der Waals surface area contributed by atoms with E-state index in [2.05, 4.69) is 5.32 Å². The quantitative estimate of drug-likeness (QED) is 0.683. The zero-order chi connectivity index (χ0) is 13.8. The number of primary amides is 1. The van der Waals surface area contributed by atoms with E-state index in [9.17, 15) is 14.4 Å². The number of carbonyl (C=O) groups is 3. The van der Waals surface area contributed by atoms with E-state index in [-0.39, 0.29) is 13.1 Å². The van der Waals surface area contributed by atoms with E-state index in [1.165, 1.54) is 4.90 Å². The van der Waals surface area contributed by atoms with Gasteiger partial charge in [-0.2, -0.15) is 0 Å². The fourth-order valence-corrected chi connectivity index (χ4v) is 2.13. The number of rotatable bonds is 4. The summed E-state index contributed by atoms with van der Waals surface area (Å²) in [5.74, 6) is -1.35. The van der Waals surface area contributed by atoms with Gasteiger partial charge in [-0.05, 0) is 12.0 Å². The highest BCUT2D eigenvalue weighted by Crippen LogP contribution is 2.10. The Kier molecular flexibility index (Phi) is 3.91. The van der Waals surface area contributed by atoms with Crippen molar-refractivity contribution < 1.29 is 14.4 Å². The molecule has 1 fully saturated rings. The van der Waals surface area contributed by atoms with E-state index in [0.717, 1.165) is 5.56 Å². The van der Waals surface area contributed by atoms with Gasteiger partial charge in [0.25, 0.3) is 0 Å². The maximum absolute atomic E-state index is 11.6. The molecule has 19 heavy (non-hydrogen) atoms. The van der Waals surface area contributed by atoms with Gasteiger partial charge in [0.15, 0.2) is 0 Å². The minimum atomic E-state index is -0.655. The average molecular weight is 261 g/mol. The molecular formula is C13H15N3O3. The Morgan fingerprint density at radius 1 is 1.21 bits per heavy atom. The van der Waals surface area contributed by atoms with E-state index in [1.807, 2.05) is 30.3 Å². The summed E-state index contributed by atoms with van der Waals surface area (Å²) in [5.41, 5.74) is 6.32. The topological polar surface area (TPSA) is 92.5 Å². The first-order valence-electron chi connectivity index (χ1n) is 5.96. The maximum Gasteiger partial charge on any atom is 0.240 e. The van der Waals surface area contributed by atoms with Crippen LogP contribution in [0, 0.1) is 0 Å². The lowest BCUT2D eigenvalue weighted by Crippen LogP contribution is -2.58. The third-order valence-corrected chi connectivity index (χ3v) is 3.01. The Labute approximate surface area is 110 Å². The van der Waals surface area contributed by atoms with Gasteiger partial charge < -0.3 is 5.73 Å². The van der Waals surface area contributed by atoms with Gasteiger partial charge in [0.2, 0.25) is 17.7 Å². The fraction of sp³-hybridized carbons (Fsp3) is 0.308. The smallest absolute Gasteiger partial charge is 0.240 e. The monoisotopic (exact) mass is 261 g/mol. The molecular weight excluding hydrogens is 246 g/mol. The van der Waals surface area contributed by atoms with Crippen molar-refractivity contribution >= 4 is 17.7 Å². The van der Waals surface area contributed by atoms with Crippen LogP contribution in [0.4, 0.5) is 0 Å². The highest BCUT2D eigenvalue weighted by molar-refractivity contribution is 6.00. The van der Waals surface area contributed by atoms with E-state index in [4.69, 9.17) is 5.73 Å². The van der Waals surface area contributed by atoms with Crippen LogP contribution in [0.25, 0.3) is 0 Å². The van der Waals surface area contributed by atoms with Crippen molar-refractivity contribution in [2.24, 2.45) is 5.73 Å². The second-order valence-electron chi connectivity index (χ2n) is 4.48. The summed E-state index contributed by atoms with van der Waals surface area (Å²) in [7, 11) is 0. The molecule has 1 aliphatic rings. The van der Waals surface area contributed by atoms with Gasteiger partial charge in [-0.15, -0.1) is 0 Å². The predicted octanol–water partition coefficient (Wildman–Crippen LogP) is -0.959. The number of carbonyl (C=O) groups excluding carboxylic acids is 3. The molecule has 3 N–H and O–H groups in total. The normalized spacial score (nSPS) is 17.9. The molecule has 3 amide bonds. The van der Waals surface area contributed by atoms with Crippen molar-refractivity contribution in [3.8, 4) is 0 Å². The van der Waals surface area contributed by atoms with E-state index in [0.29, 0.717) is 6.42 Å². The fourth-order valence-electron chi connectivity index (χ4n) is 2.13. The third-order valence-electron chi connectivity index (χ3n) is 3.01. The Morgan fingerprint density at radius 2 is 1.79 bits per heavy atom. The Morgan fingerprint density at radius 3 is 2.32 bits per heavy atom. The predicted molar refractivity (Wildman–Crippen MR) is 67.9 cm³/mol. The Bertz CT molecular complexity index is 485. The second-order valence-corrected chi connectivity index (χ2v) is 4.48. The molecule has 1 saturated heterocycles. The molecule has 6 heteroatoms. The summed E-state index contributed by atoms with van der Waals surface area (Å²) in [4.78, 5) is 35.7. The van der Waals surface area contributed by atoms with Crippen molar-refractivity contribution in [3.63, 3.8) is 0 Å². The van der Waals surface area contributed by atoms with Crippen molar-refractivity contribution in [1.82, 2.24) is 10.2 Å². The van der Waals surface area contributed by atoms with Crippen molar-refractivity contribution in [2.45, 2.75) is 12.5 Å². The number of piperazine rings is 1. The molecule has 1 atom stereocenters. The van der Waals surface area contributed by atoms with Crippen LogP contribution in [0.3, 0.4) is 0 Å². The van der Waals surface area contributed by atoms with Crippen LogP contribution in [0.5, 0.6) is 0 Å². The molecule has 0 aliphatic carbocycles. The number of nitrogens with two attached hydrogens (primary N) is 1. The molecule has 100 valence electrons. The molecule has 0 bridgehead atoms. The number of nitrogens with zero attached hydrogens (tertiary/aromatic N) is 1. The largest absolute Gasteiger partial charge is 0.368 e. The molecule has 1 aromatic rings. The van der Waals surface area contributed by atoms with Gasteiger partial charge in [-0.3, -0.25) is 24.6 Å². The summed E-state index contributed by atoms with van der Waals surface area (Å²) in [6, 6.07) is 8.70. The molecule has 0 unspecified atom stereocenters. The third kappa shape index (κ3) is 3.38. The molecule has 1 heterocycles. The average Bonchev–Trinajstić information content (AvgIpc) is 2.35. The van der Waals surface area contributed by atoms with Crippen molar-refractivity contribution in [2.75, 3.05) is 13.1 Å². The Balaban J connectivity index is 2.14. The van der Waals surface area contributed by atoms with Gasteiger partial charge in [0, 0.05) is 0 Å². The number of hydrogen-bond acceptors (Lipinski definition) is 4. The van der Waals surface area contributed by atoms with Gasteiger partial charge >= 0.3 is 0 Å². The molecule has 0 radical (unpaired) electrons. The number of nitrogens with one attached hydrogen (secondary N) is 1. The first-order valence-corrected chi connectivity index (χ1v) is 5.96. The summed E-state index contributed by atoms with van der Waals surface area (Å²) < 4.78 is 0. The zero-order valence-electron chi connectivity index (χ0n) is 10.3. The minimum absolute atomic E-state index is 0.00613. The van der Waals surface area contributed by atoms with Crippen LogP contribution in [0.2, 0.25) is 0 Å². The van der Waals surface area contributed by atoms with Crippen LogP contribution in [-0.2, 0) is 20.8 Å². The molecule has 2 rings (SSSR count). The number of imide groups is 1. The highest BCUT2D eigenvalue weighted by atomic mass is 16.2. The number of hydrogen-bond donors (Lipinski definition) is 2. The lowest BCUT2D eigenvalue weighted by Gasteiger charge is -2.31. The first kappa shape index (κ1) is 13.2. The van der Waals surface area contributed by atoms with Crippen LogP contribution in [0.15, 0.2) is 30.3 Å². The Hall–Kier alpha value is -2.21. The molecule has 0 aromatic heterocycles. The molecule has 1 aromatic carbocycles. The molecule has 0 spiro atoms. The maximum atomic E-state index is 11.6. The molecule has 0 saturated carbocycles. The number of amides is 3. The number of benzene rings is 1. The van der Waals surface area contributed by atoms with Crippen molar-refractivity contribution in [3.05, 3.63) is 35.9 Å². The van der Waals surface area contributed by atoms with Gasteiger partial charge in [-0.1, -0.05) is 30.3 Å². The standard InChI is InChI=1S/C13H15N3O3/c14-13(19)10(6-9-4-2-1-3-5-9)16-7-11(17)15-12(18)8-16/h1-5,10H,6-8H2,(H2,14,19)(H,15,17,18)/t10-/m1/s1. The zero-order valence-corrected chi connectivity index (χ0v) is 10.3. The van der Waals surface area contributed by atoms with Gasteiger partial charge in [-0.25, -0.2) is 0 Å². The van der Waals surface area contributed by atoms with Crippen LogP contribution in [-0.4, -0.2) is 41.8 Å². The lowest BCUT2D eigenvalue weighted by atomic mass is 10.0. The van der Waals surface area contributed by atoms with Crippen molar-refractivity contribution in [1.29, 1.82) is 0 Å². The van der Waals surface area contributed by atoms with E-state index in [1.54, 1.807) is 0 Å².